The normalized spacial score (nSPS) is 13.0. The zero-order valence-corrected chi connectivity index (χ0v) is 33.6. The van der Waals surface area contributed by atoms with E-state index in [0.29, 0.717) is 0 Å². The molecule has 1 aliphatic rings. The molecule has 0 saturated carbocycles. The molecule has 0 unspecified atom stereocenters. The van der Waals surface area contributed by atoms with E-state index in [0.717, 1.165) is 77.5 Å². The second-order valence-corrected chi connectivity index (χ2v) is 16.3. The molecule has 1 aliphatic carbocycles. The Morgan fingerprint density at radius 3 is 1.87 bits per heavy atom. The Balaban J connectivity index is 1.09. The average Bonchev–Trinajstić information content (AvgIpc) is 4.01. The lowest BCUT2D eigenvalue weighted by atomic mass is 9.68. The van der Waals surface area contributed by atoms with Crippen LogP contribution in [-0.2, 0) is 5.41 Å². The van der Waals surface area contributed by atoms with Crippen LogP contribution in [-0.4, -0.2) is 0 Å². The predicted molar refractivity (Wildman–Crippen MR) is 256 cm³/mol. The summed E-state index contributed by atoms with van der Waals surface area (Å²) < 4.78 is 13.1. The van der Waals surface area contributed by atoms with Crippen molar-refractivity contribution in [2.75, 3.05) is 4.90 Å². The Morgan fingerprint density at radius 2 is 1.02 bits per heavy atom. The maximum Gasteiger partial charge on any atom is 0.143 e. The van der Waals surface area contributed by atoms with E-state index in [4.69, 9.17) is 8.83 Å². The van der Waals surface area contributed by atoms with Crippen molar-refractivity contribution >= 4 is 71.7 Å². The SMILES string of the molecule is c1ccc(C2(c3ccccc3)c3ccccc3-c3c(N(c4cccc(-c5cccc6oc7c8ccccc8ccc7c56)c4)c4ccc5oc6ccccc6c5c4)cccc32)cc1. The van der Waals surface area contributed by atoms with Crippen LogP contribution in [0, 0.1) is 0 Å². The molecule has 290 valence electrons. The molecule has 2 heterocycles. The van der Waals surface area contributed by atoms with E-state index in [2.05, 4.69) is 217 Å². The fraction of sp³-hybridized carbons (Fsp3) is 0.0169. The lowest BCUT2D eigenvalue weighted by molar-refractivity contribution is 0.669. The zero-order chi connectivity index (χ0) is 40.8. The van der Waals surface area contributed by atoms with Crippen LogP contribution >= 0.6 is 0 Å². The maximum atomic E-state index is 6.67. The molecule has 3 nitrogen and oxygen atoms in total. The van der Waals surface area contributed by atoms with E-state index in [1.54, 1.807) is 0 Å². The molecule has 0 aliphatic heterocycles. The Morgan fingerprint density at radius 1 is 0.371 bits per heavy atom. The number of benzene rings is 10. The Kier molecular flexibility index (Phi) is 7.52. The fourth-order valence-corrected chi connectivity index (χ4v) is 10.5. The molecule has 0 saturated heterocycles. The van der Waals surface area contributed by atoms with E-state index in [-0.39, 0.29) is 0 Å². The monoisotopic (exact) mass is 791 g/mol. The van der Waals surface area contributed by atoms with E-state index in [1.807, 2.05) is 12.1 Å². The molecule has 0 atom stereocenters. The van der Waals surface area contributed by atoms with Gasteiger partial charge in [0.2, 0.25) is 0 Å². The van der Waals surface area contributed by atoms with Crippen molar-refractivity contribution in [2.45, 2.75) is 5.41 Å². The van der Waals surface area contributed by atoms with Crippen LogP contribution in [0.3, 0.4) is 0 Å². The number of fused-ring (bicyclic) bond motifs is 11. The van der Waals surface area contributed by atoms with Gasteiger partial charge in [-0.25, -0.2) is 0 Å². The van der Waals surface area contributed by atoms with E-state index in [1.165, 1.54) is 38.8 Å². The van der Waals surface area contributed by atoms with Gasteiger partial charge in [-0.2, -0.15) is 0 Å². The quantitative estimate of drug-likeness (QED) is 0.168. The first kappa shape index (κ1) is 34.7. The van der Waals surface area contributed by atoms with Gasteiger partial charge in [0.05, 0.1) is 11.1 Å². The smallest absolute Gasteiger partial charge is 0.143 e. The molecule has 13 rings (SSSR count). The number of para-hydroxylation sites is 1. The summed E-state index contributed by atoms with van der Waals surface area (Å²) >= 11 is 0. The van der Waals surface area contributed by atoms with Crippen molar-refractivity contribution in [2.24, 2.45) is 0 Å². The standard InChI is InChI=1S/C59H37NO2/c1-3-18-40(19-4-1)59(41-20-5-2-6-21-41)50-27-11-9-25-47(50)57-51(59)28-15-29-52(57)60(43-33-35-54-49(37-43)46-24-10-12-30-53(46)61-54)42-22-13-17-39(36-42)44-26-14-31-55-56(44)48-34-32-38-16-7-8-23-45(38)58(48)62-55/h1-37H. The summed E-state index contributed by atoms with van der Waals surface area (Å²) in [6, 6.07) is 81.1. The highest BCUT2D eigenvalue weighted by atomic mass is 16.3. The highest BCUT2D eigenvalue weighted by Gasteiger charge is 2.47. The van der Waals surface area contributed by atoms with Crippen LogP contribution in [0.25, 0.3) is 76.9 Å². The molecule has 0 radical (unpaired) electrons. The van der Waals surface area contributed by atoms with Crippen LogP contribution in [0.5, 0.6) is 0 Å². The van der Waals surface area contributed by atoms with Crippen LogP contribution in [0.2, 0.25) is 0 Å². The number of anilines is 3. The van der Waals surface area contributed by atoms with E-state index < -0.39 is 5.41 Å². The minimum absolute atomic E-state index is 0.537. The van der Waals surface area contributed by atoms with Gasteiger partial charge in [-0.1, -0.05) is 170 Å². The summed E-state index contributed by atoms with van der Waals surface area (Å²) in [6.07, 6.45) is 0. The lowest BCUT2D eigenvalue weighted by Gasteiger charge is -2.34. The second-order valence-electron chi connectivity index (χ2n) is 16.3. The first-order valence-corrected chi connectivity index (χ1v) is 21.2. The molecule has 12 aromatic rings. The van der Waals surface area contributed by atoms with Crippen molar-refractivity contribution in [1.82, 2.24) is 0 Å². The molecule has 0 N–H and O–H groups in total. The van der Waals surface area contributed by atoms with Gasteiger partial charge in [0.15, 0.2) is 0 Å². The van der Waals surface area contributed by atoms with Gasteiger partial charge in [0.25, 0.3) is 0 Å². The highest BCUT2D eigenvalue weighted by Crippen LogP contribution is 2.59. The molecule has 3 heteroatoms. The highest BCUT2D eigenvalue weighted by molar-refractivity contribution is 6.19. The number of rotatable bonds is 6. The molecule has 62 heavy (non-hydrogen) atoms. The van der Waals surface area contributed by atoms with Crippen molar-refractivity contribution in [3.63, 3.8) is 0 Å². The van der Waals surface area contributed by atoms with Gasteiger partial charge in [0.1, 0.15) is 22.3 Å². The Bertz CT molecular complexity index is 3670. The topological polar surface area (TPSA) is 29.5 Å². The minimum Gasteiger partial charge on any atom is -0.456 e. The van der Waals surface area contributed by atoms with Gasteiger partial charge >= 0.3 is 0 Å². The van der Waals surface area contributed by atoms with Gasteiger partial charge in [0, 0.05) is 43.9 Å². The molecule has 0 amide bonds. The average molecular weight is 792 g/mol. The van der Waals surface area contributed by atoms with E-state index in [9.17, 15) is 0 Å². The first-order chi connectivity index (χ1) is 30.8. The maximum absolute atomic E-state index is 6.67. The van der Waals surface area contributed by atoms with Crippen molar-refractivity contribution in [3.05, 3.63) is 247 Å². The third-order valence-corrected chi connectivity index (χ3v) is 13.1. The Labute approximate surface area is 358 Å². The lowest BCUT2D eigenvalue weighted by Crippen LogP contribution is -2.28. The summed E-state index contributed by atoms with van der Waals surface area (Å²) in [5, 5.41) is 6.70. The minimum atomic E-state index is -0.537. The van der Waals surface area contributed by atoms with Crippen molar-refractivity contribution in [3.8, 4) is 22.3 Å². The summed E-state index contributed by atoms with van der Waals surface area (Å²) in [5.41, 5.74) is 15.9. The van der Waals surface area contributed by atoms with Gasteiger partial charge < -0.3 is 13.7 Å². The second kappa shape index (κ2) is 13.4. The van der Waals surface area contributed by atoms with Crippen LogP contribution in [0.15, 0.2) is 233 Å². The number of hydrogen-bond donors (Lipinski definition) is 0. The number of nitrogens with zero attached hydrogens (tertiary/aromatic N) is 1. The summed E-state index contributed by atoms with van der Waals surface area (Å²) in [6.45, 7) is 0. The third kappa shape index (κ3) is 4.94. The predicted octanol–water partition coefficient (Wildman–Crippen LogP) is 16.1. The Hall–Kier alpha value is -8.14. The molecule has 2 aromatic heterocycles. The van der Waals surface area contributed by atoms with Crippen LogP contribution < -0.4 is 4.90 Å². The molecule has 0 spiro atoms. The number of furan rings is 2. The van der Waals surface area contributed by atoms with Gasteiger partial charge in [-0.05, 0) is 98.9 Å². The summed E-state index contributed by atoms with van der Waals surface area (Å²) in [7, 11) is 0. The van der Waals surface area contributed by atoms with Gasteiger partial charge in [-0.15, -0.1) is 0 Å². The summed E-state index contributed by atoms with van der Waals surface area (Å²) in [4.78, 5) is 2.45. The largest absolute Gasteiger partial charge is 0.456 e. The van der Waals surface area contributed by atoms with Crippen LogP contribution in [0.4, 0.5) is 17.1 Å². The van der Waals surface area contributed by atoms with Crippen molar-refractivity contribution < 1.29 is 8.83 Å². The zero-order valence-electron chi connectivity index (χ0n) is 33.6. The number of hydrogen-bond acceptors (Lipinski definition) is 3. The van der Waals surface area contributed by atoms with E-state index >= 15 is 0 Å². The van der Waals surface area contributed by atoms with Crippen molar-refractivity contribution in [1.29, 1.82) is 0 Å². The molecular weight excluding hydrogens is 755 g/mol. The molecular formula is C59H37NO2. The van der Waals surface area contributed by atoms with Gasteiger partial charge in [-0.3, -0.25) is 0 Å². The fourth-order valence-electron chi connectivity index (χ4n) is 10.5. The first-order valence-electron chi connectivity index (χ1n) is 21.2. The third-order valence-electron chi connectivity index (χ3n) is 13.1. The van der Waals surface area contributed by atoms with Crippen LogP contribution in [0.1, 0.15) is 22.3 Å². The molecule has 10 aromatic carbocycles. The summed E-state index contributed by atoms with van der Waals surface area (Å²) in [5.74, 6) is 0. The molecule has 0 fully saturated rings. The molecule has 0 bridgehead atoms.